The first-order valence-corrected chi connectivity index (χ1v) is 8.56. The summed E-state index contributed by atoms with van der Waals surface area (Å²) in [5.41, 5.74) is 2.80. The van der Waals surface area contributed by atoms with E-state index in [2.05, 4.69) is 65.8 Å². The normalized spacial score (nSPS) is 11.5. The summed E-state index contributed by atoms with van der Waals surface area (Å²) in [5.74, 6) is 0. The van der Waals surface area contributed by atoms with Crippen molar-refractivity contribution >= 4 is 11.3 Å². The Bertz CT molecular complexity index is 503. The van der Waals surface area contributed by atoms with E-state index in [0.29, 0.717) is 6.04 Å². The summed E-state index contributed by atoms with van der Waals surface area (Å²) in [7, 11) is 2.00. The van der Waals surface area contributed by atoms with Gasteiger partial charge in [0.25, 0.3) is 0 Å². The van der Waals surface area contributed by atoms with Crippen LogP contribution >= 0.6 is 11.3 Å². The summed E-state index contributed by atoms with van der Waals surface area (Å²) in [4.78, 5) is 3.96. The summed E-state index contributed by atoms with van der Waals surface area (Å²) in [5, 5.41) is 5.35. The minimum atomic E-state index is 0.552. The van der Waals surface area contributed by atoms with Crippen LogP contribution in [0, 0.1) is 0 Å². The average Bonchev–Trinajstić information content (AvgIpc) is 2.99. The van der Waals surface area contributed by atoms with Crippen LogP contribution in [0.15, 0.2) is 41.8 Å². The van der Waals surface area contributed by atoms with Crippen molar-refractivity contribution in [1.29, 1.82) is 0 Å². The third-order valence-electron chi connectivity index (χ3n) is 3.74. The molecule has 2 aromatic rings. The number of nitrogens with one attached hydrogen (secondary N) is 1. The van der Waals surface area contributed by atoms with E-state index in [9.17, 15) is 0 Å². The van der Waals surface area contributed by atoms with Crippen LogP contribution in [0.25, 0.3) is 0 Å². The molecule has 1 heterocycles. The van der Waals surface area contributed by atoms with Crippen molar-refractivity contribution < 1.29 is 0 Å². The molecule has 0 unspecified atom stereocenters. The fourth-order valence-electron chi connectivity index (χ4n) is 2.34. The van der Waals surface area contributed by atoms with E-state index in [0.717, 1.165) is 26.1 Å². The number of benzene rings is 1. The van der Waals surface area contributed by atoms with Gasteiger partial charge in [-0.05, 0) is 56.4 Å². The Morgan fingerprint density at radius 1 is 1.05 bits per heavy atom. The van der Waals surface area contributed by atoms with Gasteiger partial charge in [0.05, 0.1) is 0 Å². The third-order valence-corrected chi connectivity index (χ3v) is 4.60. The van der Waals surface area contributed by atoms with Crippen LogP contribution in [0.3, 0.4) is 0 Å². The minimum Gasteiger partial charge on any atom is -0.319 e. The second-order valence-corrected chi connectivity index (χ2v) is 6.78. The van der Waals surface area contributed by atoms with E-state index < -0.39 is 0 Å². The van der Waals surface area contributed by atoms with Crippen molar-refractivity contribution in [3.8, 4) is 0 Å². The monoisotopic (exact) mass is 302 g/mol. The van der Waals surface area contributed by atoms with E-state index in [1.54, 1.807) is 0 Å². The van der Waals surface area contributed by atoms with E-state index in [4.69, 9.17) is 0 Å². The zero-order valence-electron chi connectivity index (χ0n) is 13.3. The predicted octanol–water partition coefficient (Wildman–Crippen LogP) is 3.92. The molecule has 0 bridgehead atoms. The third kappa shape index (κ3) is 5.27. The minimum absolute atomic E-state index is 0.552. The van der Waals surface area contributed by atoms with Crippen LogP contribution in [-0.4, -0.2) is 24.5 Å². The second-order valence-electron chi connectivity index (χ2n) is 5.75. The van der Waals surface area contributed by atoms with Gasteiger partial charge in [0, 0.05) is 24.0 Å². The van der Waals surface area contributed by atoms with Gasteiger partial charge in [0.2, 0.25) is 0 Å². The van der Waals surface area contributed by atoms with Gasteiger partial charge in [-0.25, -0.2) is 0 Å². The zero-order valence-corrected chi connectivity index (χ0v) is 14.1. The molecular formula is C18H26N2S. The number of rotatable bonds is 8. The molecule has 0 atom stereocenters. The van der Waals surface area contributed by atoms with Crippen LogP contribution in [0.1, 0.15) is 29.9 Å². The summed E-state index contributed by atoms with van der Waals surface area (Å²) in [6.07, 6.45) is 1.10. The van der Waals surface area contributed by atoms with Crippen LogP contribution in [0.5, 0.6) is 0 Å². The molecule has 0 radical (unpaired) electrons. The van der Waals surface area contributed by atoms with Gasteiger partial charge < -0.3 is 5.32 Å². The van der Waals surface area contributed by atoms with E-state index in [1.807, 2.05) is 18.4 Å². The van der Waals surface area contributed by atoms with Crippen LogP contribution < -0.4 is 5.32 Å². The number of thiophene rings is 1. The van der Waals surface area contributed by atoms with E-state index in [-0.39, 0.29) is 0 Å². The van der Waals surface area contributed by atoms with Gasteiger partial charge >= 0.3 is 0 Å². The molecule has 1 aromatic carbocycles. The highest BCUT2D eigenvalue weighted by molar-refractivity contribution is 7.09. The fourth-order valence-corrected chi connectivity index (χ4v) is 3.07. The lowest BCUT2D eigenvalue weighted by atomic mass is 10.1. The van der Waals surface area contributed by atoms with Gasteiger partial charge in [-0.2, -0.15) is 0 Å². The molecule has 21 heavy (non-hydrogen) atoms. The molecule has 1 N–H and O–H groups in total. The van der Waals surface area contributed by atoms with Gasteiger partial charge in [-0.15, -0.1) is 11.3 Å². The topological polar surface area (TPSA) is 15.3 Å². The molecule has 1 aromatic heterocycles. The molecule has 0 aliphatic rings. The van der Waals surface area contributed by atoms with Crippen molar-refractivity contribution in [3.05, 3.63) is 57.8 Å². The standard InChI is InChI=1S/C18H26N2S/c1-15(2)20(14-18-5-4-12-21-18)13-17-8-6-16(7-9-17)10-11-19-3/h4-9,12,15,19H,10-11,13-14H2,1-3H3. The second kappa shape index (κ2) is 8.32. The molecule has 0 saturated heterocycles. The first-order chi connectivity index (χ1) is 10.2. The van der Waals surface area contributed by atoms with Gasteiger partial charge in [-0.1, -0.05) is 30.3 Å². The number of hydrogen-bond donors (Lipinski definition) is 1. The van der Waals surface area contributed by atoms with Crippen LogP contribution in [-0.2, 0) is 19.5 Å². The maximum atomic E-state index is 3.20. The SMILES string of the molecule is CNCCc1ccc(CN(Cc2cccs2)C(C)C)cc1. The lowest BCUT2D eigenvalue weighted by molar-refractivity contribution is 0.205. The van der Waals surface area contributed by atoms with Gasteiger partial charge in [0.1, 0.15) is 0 Å². The van der Waals surface area contributed by atoms with Gasteiger partial charge in [0.15, 0.2) is 0 Å². The van der Waals surface area contributed by atoms with Crippen molar-refractivity contribution in [2.24, 2.45) is 0 Å². The Balaban J connectivity index is 1.96. The molecule has 2 nitrogen and oxygen atoms in total. The molecule has 0 aliphatic carbocycles. The van der Waals surface area contributed by atoms with E-state index in [1.165, 1.54) is 16.0 Å². The number of nitrogens with zero attached hydrogens (tertiary/aromatic N) is 1. The number of hydrogen-bond acceptors (Lipinski definition) is 3. The number of likely N-dealkylation sites (N-methyl/N-ethyl adjacent to an activating group) is 1. The molecule has 2 rings (SSSR count). The van der Waals surface area contributed by atoms with Crippen LogP contribution in [0.2, 0.25) is 0 Å². The molecule has 0 saturated carbocycles. The van der Waals surface area contributed by atoms with Crippen molar-refractivity contribution in [2.45, 2.75) is 39.4 Å². The molecule has 0 aliphatic heterocycles. The summed E-state index contributed by atoms with van der Waals surface area (Å²) in [6, 6.07) is 14.0. The lowest BCUT2D eigenvalue weighted by Gasteiger charge is -2.26. The molecule has 0 spiro atoms. The van der Waals surface area contributed by atoms with Crippen molar-refractivity contribution in [2.75, 3.05) is 13.6 Å². The van der Waals surface area contributed by atoms with Gasteiger partial charge in [-0.3, -0.25) is 4.90 Å². The highest BCUT2D eigenvalue weighted by Gasteiger charge is 2.11. The Labute approximate surface area is 132 Å². The average molecular weight is 302 g/mol. The Hall–Kier alpha value is -1.16. The summed E-state index contributed by atoms with van der Waals surface area (Å²) >= 11 is 1.84. The molecule has 3 heteroatoms. The molecule has 0 amide bonds. The highest BCUT2D eigenvalue weighted by Crippen LogP contribution is 2.17. The Morgan fingerprint density at radius 3 is 2.33 bits per heavy atom. The van der Waals surface area contributed by atoms with Crippen molar-refractivity contribution in [3.63, 3.8) is 0 Å². The first-order valence-electron chi connectivity index (χ1n) is 7.68. The lowest BCUT2D eigenvalue weighted by Crippen LogP contribution is -2.29. The molecule has 0 fully saturated rings. The Kier molecular flexibility index (Phi) is 6.43. The smallest absolute Gasteiger partial charge is 0.0334 e. The maximum Gasteiger partial charge on any atom is 0.0334 e. The quantitative estimate of drug-likeness (QED) is 0.795. The summed E-state index contributed by atoms with van der Waals surface area (Å²) in [6.45, 7) is 7.64. The fraction of sp³-hybridized carbons (Fsp3) is 0.444. The largest absolute Gasteiger partial charge is 0.319 e. The van der Waals surface area contributed by atoms with Crippen molar-refractivity contribution in [1.82, 2.24) is 10.2 Å². The maximum absolute atomic E-state index is 3.20. The van der Waals surface area contributed by atoms with Crippen LogP contribution in [0.4, 0.5) is 0 Å². The Morgan fingerprint density at radius 2 is 1.76 bits per heavy atom. The van der Waals surface area contributed by atoms with E-state index >= 15 is 0 Å². The molecule has 114 valence electrons. The predicted molar refractivity (Wildman–Crippen MR) is 92.8 cm³/mol. The summed E-state index contributed by atoms with van der Waals surface area (Å²) < 4.78 is 0. The highest BCUT2D eigenvalue weighted by atomic mass is 32.1. The molecular weight excluding hydrogens is 276 g/mol. The first kappa shape index (κ1) is 16.2. The zero-order chi connectivity index (χ0) is 15.1.